The van der Waals surface area contributed by atoms with Crippen molar-refractivity contribution >= 4 is 61.5 Å². The van der Waals surface area contributed by atoms with E-state index in [4.69, 9.17) is 4.74 Å². The van der Waals surface area contributed by atoms with E-state index in [1.807, 2.05) is 27.7 Å². The van der Waals surface area contributed by atoms with Crippen LogP contribution < -0.4 is 10.9 Å². The number of aromatic nitrogens is 2. The zero-order valence-electron chi connectivity index (χ0n) is 18.7. The van der Waals surface area contributed by atoms with E-state index in [0.717, 1.165) is 20.9 Å². The van der Waals surface area contributed by atoms with Gasteiger partial charge in [-0.2, -0.15) is 0 Å². The number of esters is 1. The Balaban J connectivity index is 1.85. The van der Waals surface area contributed by atoms with E-state index in [2.05, 4.69) is 16.9 Å². The lowest BCUT2D eigenvalue weighted by Crippen LogP contribution is -2.23. The van der Waals surface area contributed by atoms with Crippen molar-refractivity contribution in [3.63, 3.8) is 0 Å². The van der Waals surface area contributed by atoms with Gasteiger partial charge in [0.1, 0.15) is 9.83 Å². The van der Waals surface area contributed by atoms with Crippen molar-refractivity contribution in [2.75, 3.05) is 17.7 Å². The molecule has 0 saturated heterocycles. The van der Waals surface area contributed by atoms with E-state index in [9.17, 15) is 14.4 Å². The number of hydrogen-bond donors (Lipinski definition) is 1. The molecule has 3 rings (SSSR count). The first-order valence-corrected chi connectivity index (χ1v) is 12.6. The summed E-state index contributed by atoms with van der Waals surface area (Å²) in [4.78, 5) is 45.4. The van der Waals surface area contributed by atoms with Gasteiger partial charge in [-0.05, 0) is 45.7 Å². The summed E-state index contributed by atoms with van der Waals surface area (Å²) < 4.78 is 6.67. The number of thiophene rings is 2. The Morgan fingerprint density at radius 2 is 1.88 bits per heavy atom. The Bertz CT molecular complexity index is 1270. The first kappa shape index (κ1) is 24.2. The molecule has 32 heavy (non-hydrogen) atoms. The number of carbonyl (C=O) groups is 2. The van der Waals surface area contributed by atoms with Gasteiger partial charge >= 0.3 is 5.97 Å². The number of nitrogens with zero attached hydrogens (tertiary/aromatic N) is 2. The summed E-state index contributed by atoms with van der Waals surface area (Å²) in [6, 6.07) is 0. The maximum absolute atomic E-state index is 13.0. The van der Waals surface area contributed by atoms with E-state index in [-0.39, 0.29) is 23.8 Å². The van der Waals surface area contributed by atoms with Crippen LogP contribution >= 0.6 is 34.4 Å². The summed E-state index contributed by atoms with van der Waals surface area (Å²) in [6.07, 6.45) is 1.64. The molecule has 0 atom stereocenters. The van der Waals surface area contributed by atoms with Crippen molar-refractivity contribution in [3.05, 3.63) is 49.5 Å². The van der Waals surface area contributed by atoms with E-state index >= 15 is 0 Å². The molecule has 170 valence electrons. The number of amides is 1. The van der Waals surface area contributed by atoms with Gasteiger partial charge in [-0.1, -0.05) is 17.8 Å². The lowest BCUT2D eigenvalue weighted by atomic mass is 10.1. The molecule has 0 fully saturated rings. The Hall–Kier alpha value is -2.43. The third kappa shape index (κ3) is 4.67. The number of ether oxygens (including phenoxy) is 1. The molecule has 10 heteroatoms. The van der Waals surface area contributed by atoms with Gasteiger partial charge in [-0.3, -0.25) is 14.2 Å². The molecule has 7 nitrogen and oxygen atoms in total. The van der Waals surface area contributed by atoms with Crippen molar-refractivity contribution < 1.29 is 14.3 Å². The topological polar surface area (TPSA) is 90.3 Å². The summed E-state index contributed by atoms with van der Waals surface area (Å²) in [5.41, 5.74) is 1.99. The molecule has 0 aliphatic rings. The number of carbonyl (C=O) groups excluding carboxylic acids is 2. The fourth-order valence-electron chi connectivity index (χ4n) is 3.17. The molecular weight excluding hydrogens is 466 g/mol. The van der Waals surface area contributed by atoms with Gasteiger partial charge in [0.25, 0.3) is 5.56 Å². The van der Waals surface area contributed by atoms with Crippen molar-refractivity contribution in [3.8, 4) is 0 Å². The average molecular weight is 492 g/mol. The van der Waals surface area contributed by atoms with E-state index in [1.165, 1.54) is 39.0 Å². The standard InChI is InChI=1S/C22H25N3O4S3/c1-7-9-25-20(27)16-11(3)13(5)31-18(16)24-22(25)30-10-15(26)23-19-17(21(28)29-8-2)12(4)14(6)32-19/h7H,1,8-10H2,2-6H3,(H,23,26). The molecule has 1 N–H and O–H groups in total. The van der Waals surface area contributed by atoms with Crippen molar-refractivity contribution in [2.45, 2.75) is 46.3 Å². The van der Waals surface area contributed by atoms with Gasteiger partial charge in [-0.25, -0.2) is 9.78 Å². The number of fused-ring (bicyclic) bond motifs is 1. The van der Waals surface area contributed by atoms with E-state index in [1.54, 1.807) is 13.0 Å². The molecule has 0 radical (unpaired) electrons. The first-order valence-electron chi connectivity index (χ1n) is 10.0. The van der Waals surface area contributed by atoms with Crippen LogP contribution in [-0.2, 0) is 16.1 Å². The minimum atomic E-state index is -0.451. The third-order valence-electron chi connectivity index (χ3n) is 5.02. The molecule has 0 saturated carbocycles. The van der Waals surface area contributed by atoms with Crippen molar-refractivity contribution in [1.82, 2.24) is 9.55 Å². The van der Waals surface area contributed by atoms with Gasteiger partial charge in [0, 0.05) is 16.3 Å². The molecule has 0 spiro atoms. The van der Waals surface area contributed by atoms with Crippen LogP contribution in [0, 0.1) is 27.7 Å². The number of hydrogen-bond acceptors (Lipinski definition) is 8. The van der Waals surface area contributed by atoms with Crippen molar-refractivity contribution in [1.29, 1.82) is 0 Å². The highest BCUT2D eigenvalue weighted by molar-refractivity contribution is 7.99. The third-order valence-corrected chi connectivity index (χ3v) is 8.22. The smallest absolute Gasteiger partial charge is 0.341 e. The summed E-state index contributed by atoms with van der Waals surface area (Å²) in [5, 5.41) is 4.37. The molecule has 3 aromatic rings. The first-order chi connectivity index (χ1) is 15.2. The van der Waals surface area contributed by atoms with Gasteiger partial charge in [0.15, 0.2) is 5.16 Å². The predicted octanol–water partition coefficient (Wildman–Crippen LogP) is 4.85. The Morgan fingerprint density at radius 3 is 2.53 bits per heavy atom. The van der Waals surface area contributed by atoms with Crippen molar-refractivity contribution in [2.24, 2.45) is 0 Å². The largest absolute Gasteiger partial charge is 0.462 e. The lowest BCUT2D eigenvalue weighted by molar-refractivity contribution is -0.113. The highest BCUT2D eigenvalue weighted by Crippen LogP contribution is 2.33. The Labute approximate surface area is 198 Å². The molecular formula is C22H25N3O4S3. The minimum absolute atomic E-state index is 0.0384. The summed E-state index contributed by atoms with van der Waals surface area (Å²) in [5.74, 6) is -0.705. The molecule has 1 amide bonds. The molecule has 0 bridgehead atoms. The minimum Gasteiger partial charge on any atom is -0.462 e. The molecule has 0 unspecified atom stereocenters. The molecule has 3 heterocycles. The maximum atomic E-state index is 13.0. The Morgan fingerprint density at radius 1 is 1.19 bits per heavy atom. The highest BCUT2D eigenvalue weighted by atomic mass is 32.2. The van der Waals surface area contributed by atoms with E-state index < -0.39 is 5.97 Å². The summed E-state index contributed by atoms with van der Waals surface area (Å²) in [6.45, 7) is 13.6. The van der Waals surface area contributed by atoms with Crippen LogP contribution in [0.2, 0.25) is 0 Å². The maximum Gasteiger partial charge on any atom is 0.341 e. The van der Waals surface area contributed by atoms with Crippen LogP contribution in [0.3, 0.4) is 0 Å². The molecule has 3 aromatic heterocycles. The molecule has 0 aliphatic heterocycles. The number of thioether (sulfide) groups is 1. The molecule has 0 aromatic carbocycles. The van der Waals surface area contributed by atoms with Crippen LogP contribution in [-0.4, -0.2) is 33.8 Å². The van der Waals surface area contributed by atoms with Crippen LogP contribution in [0.15, 0.2) is 22.6 Å². The summed E-state index contributed by atoms with van der Waals surface area (Å²) in [7, 11) is 0. The molecule has 0 aliphatic carbocycles. The SMILES string of the molecule is C=CCn1c(SCC(=O)Nc2sc(C)c(C)c2C(=O)OCC)nc2sc(C)c(C)c2c1=O. The zero-order chi connectivity index (χ0) is 23.6. The number of aryl methyl sites for hydroxylation is 3. The second-order valence-electron chi connectivity index (χ2n) is 7.11. The van der Waals surface area contributed by atoms with Gasteiger partial charge in [0.05, 0.1) is 23.3 Å². The Kier molecular flexibility index (Phi) is 7.58. The normalized spacial score (nSPS) is 11.0. The van der Waals surface area contributed by atoms with E-state index in [0.29, 0.717) is 32.5 Å². The quantitative estimate of drug-likeness (QED) is 0.210. The number of anilines is 1. The zero-order valence-corrected chi connectivity index (χ0v) is 21.1. The predicted molar refractivity (Wildman–Crippen MR) is 133 cm³/mol. The number of nitrogens with one attached hydrogen (secondary N) is 1. The summed E-state index contributed by atoms with van der Waals surface area (Å²) >= 11 is 3.99. The highest BCUT2D eigenvalue weighted by Gasteiger charge is 2.23. The van der Waals surface area contributed by atoms with Crippen LogP contribution in [0.25, 0.3) is 10.2 Å². The van der Waals surface area contributed by atoms with Crippen LogP contribution in [0.1, 0.15) is 38.2 Å². The monoisotopic (exact) mass is 491 g/mol. The fourth-order valence-corrected chi connectivity index (χ4v) is 6.11. The van der Waals surface area contributed by atoms with Gasteiger partial charge in [0.2, 0.25) is 5.91 Å². The lowest BCUT2D eigenvalue weighted by Gasteiger charge is -2.11. The second-order valence-corrected chi connectivity index (χ2v) is 10.5. The van der Waals surface area contributed by atoms with Gasteiger partial charge < -0.3 is 10.1 Å². The van der Waals surface area contributed by atoms with Gasteiger partial charge in [-0.15, -0.1) is 29.3 Å². The fraction of sp³-hybridized carbons (Fsp3) is 0.364. The average Bonchev–Trinajstić information content (AvgIpc) is 3.17. The van der Waals surface area contributed by atoms with Crippen LogP contribution in [0.5, 0.6) is 0 Å². The number of rotatable bonds is 8. The number of allylic oxidation sites excluding steroid dienone is 1. The second kappa shape index (κ2) is 10.0. The van der Waals surface area contributed by atoms with Crippen LogP contribution in [0.4, 0.5) is 5.00 Å².